The molecule has 70 valence electrons. The molecule has 1 aromatic carbocycles. The largest absolute Gasteiger partial charge is 0.126 e. The highest BCUT2D eigenvalue weighted by Gasteiger charge is 2.17. The molecule has 0 amide bonds. The Balaban J connectivity index is 2.42. The Kier molecular flexibility index (Phi) is 2.15. The summed E-state index contributed by atoms with van der Waals surface area (Å²) in [6.45, 7) is 6.82. The van der Waals surface area contributed by atoms with Gasteiger partial charge in [0, 0.05) is 10.6 Å². The van der Waals surface area contributed by atoms with E-state index in [1.807, 2.05) is 11.8 Å². The van der Waals surface area contributed by atoms with Crippen molar-refractivity contribution in [2.45, 2.75) is 37.5 Å². The first-order chi connectivity index (χ1) is 6.07. The Morgan fingerprint density at radius 2 is 2.00 bits per heavy atom. The Morgan fingerprint density at radius 1 is 1.23 bits per heavy atom. The van der Waals surface area contributed by atoms with Crippen LogP contribution in [0.4, 0.5) is 0 Å². The van der Waals surface area contributed by atoms with E-state index in [1.54, 1.807) is 0 Å². The highest BCUT2D eigenvalue weighted by Crippen LogP contribution is 2.34. The fourth-order valence-corrected chi connectivity index (χ4v) is 2.74. The lowest BCUT2D eigenvalue weighted by Crippen LogP contribution is -2.10. The molecule has 1 aliphatic heterocycles. The molecule has 0 spiro atoms. The second kappa shape index (κ2) is 3.06. The van der Waals surface area contributed by atoms with E-state index in [9.17, 15) is 0 Å². The summed E-state index contributed by atoms with van der Waals surface area (Å²) < 4.78 is 0. The van der Waals surface area contributed by atoms with Crippen LogP contribution in [0.5, 0.6) is 0 Å². The van der Waals surface area contributed by atoms with E-state index in [2.05, 4.69) is 39.0 Å². The van der Waals surface area contributed by atoms with Crippen LogP contribution in [0, 0.1) is 0 Å². The van der Waals surface area contributed by atoms with E-state index in [4.69, 9.17) is 0 Å². The average Bonchev–Trinajstić information content (AvgIpc) is 2.47. The van der Waals surface area contributed by atoms with Crippen LogP contribution in [0.3, 0.4) is 0 Å². The smallest absolute Gasteiger partial charge is 0.0107 e. The first-order valence-electron chi connectivity index (χ1n) is 4.83. The van der Waals surface area contributed by atoms with Gasteiger partial charge in [0.2, 0.25) is 0 Å². The summed E-state index contributed by atoms with van der Waals surface area (Å²) >= 11 is 2.00. The zero-order valence-electron chi connectivity index (χ0n) is 8.55. The second-order valence-corrected chi connectivity index (χ2v) is 5.81. The summed E-state index contributed by atoms with van der Waals surface area (Å²) in [5.41, 5.74) is 3.29. The number of rotatable bonds is 0. The van der Waals surface area contributed by atoms with Crippen LogP contribution in [-0.2, 0) is 11.8 Å². The Hall–Kier alpha value is -0.430. The minimum atomic E-state index is 0.290. The minimum absolute atomic E-state index is 0.290. The quantitative estimate of drug-likeness (QED) is 0.605. The van der Waals surface area contributed by atoms with Crippen molar-refractivity contribution >= 4 is 11.8 Å². The van der Waals surface area contributed by atoms with Crippen molar-refractivity contribution in [1.29, 1.82) is 0 Å². The summed E-state index contributed by atoms with van der Waals surface area (Å²) in [4.78, 5) is 1.51. The molecular weight excluding hydrogens is 176 g/mol. The SMILES string of the molecule is CC(C)(C)c1ccc2c(c1)SCC2. The average molecular weight is 192 g/mol. The lowest BCUT2D eigenvalue weighted by molar-refractivity contribution is 0.588. The van der Waals surface area contributed by atoms with Gasteiger partial charge in [-0.3, -0.25) is 0 Å². The molecule has 0 atom stereocenters. The molecule has 1 aliphatic rings. The molecule has 1 heterocycles. The van der Waals surface area contributed by atoms with Gasteiger partial charge < -0.3 is 0 Å². The number of benzene rings is 1. The fraction of sp³-hybridized carbons (Fsp3) is 0.500. The van der Waals surface area contributed by atoms with Crippen LogP contribution < -0.4 is 0 Å². The van der Waals surface area contributed by atoms with Crippen LogP contribution in [-0.4, -0.2) is 5.75 Å². The van der Waals surface area contributed by atoms with Crippen molar-refractivity contribution in [2.24, 2.45) is 0 Å². The summed E-state index contributed by atoms with van der Waals surface area (Å²) in [6.07, 6.45) is 1.25. The molecular formula is C12H16S. The summed E-state index contributed by atoms with van der Waals surface area (Å²) in [5, 5.41) is 0. The number of fused-ring (bicyclic) bond motifs is 1. The Labute approximate surface area is 84.7 Å². The molecule has 2 rings (SSSR count). The highest BCUT2D eigenvalue weighted by molar-refractivity contribution is 7.99. The van der Waals surface area contributed by atoms with Gasteiger partial charge in [-0.25, -0.2) is 0 Å². The zero-order chi connectivity index (χ0) is 9.47. The van der Waals surface area contributed by atoms with Crippen molar-refractivity contribution in [3.8, 4) is 0 Å². The monoisotopic (exact) mass is 192 g/mol. The molecule has 0 bridgehead atoms. The maximum atomic E-state index is 2.37. The molecule has 0 N–H and O–H groups in total. The van der Waals surface area contributed by atoms with Crippen molar-refractivity contribution < 1.29 is 0 Å². The number of hydrogen-bond donors (Lipinski definition) is 0. The summed E-state index contributed by atoms with van der Waals surface area (Å²) in [6, 6.07) is 6.95. The van der Waals surface area contributed by atoms with E-state index in [1.165, 1.54) is 28.2 Å². The van der Waals surface area contributed by atoms with Gasteiger partial charge in [0.25, 0.3) is 0 Å². The summed E-state index contributed by atoms with van der Waals surface area (Å²) in [7, 11) is 0. The molecule has 13 heavy (non-hydrogen) atoms. The van der Waals surface area contributed by atoms with Gasteiger partial charge in [-0.05, 0) is 29.0 Å². The van der Waals surface area contributed by atoms with Crippen molar-refractivity contribution in [3.05, 3.63) is 29.3 Å². The van der Waals surface area contributed by atoms with Crippen LogP contribution >= 0.6 is 11.8 Å². The molecule has 0 unspecified atom stereocenters. The molecule has 0 fully saturated rings. The Morgan fingerprint density at radius 3 is 2.69 bits per heavy atom. The van der Waals surface area contributed by atoms with E-state index in [-0.39, 0.29) is 5.41 Å². The predicted octanol–water partition coefficient (Wildman–Crippen LogP) is 3.63. The topological polar surface area (TPSA) is 0 Å². The standard InChI is InChI=1S/C12H16S/c1-12(2,3)10-5-4-9-6-7-13-11(9)8-10/h4-5,8H,6-7H2,1-3H3. The number of hydrogen-bond acceptors (Lipinski definition) is 1. The molecule has 0 saturated heterocycles. The van der Waals surface area contributed by atoms with Gasteiger partial charge in [0.1, 0.15) is 0 Å². The fourth-order valence-electron chi connectivity index (χ4n) is 1.63. The predicted molar refractivity (Wildman–Crippen MR) is 59.6 cm³/mol. The Bertz CT molecular complexity index is 320. The van der Waals surface area contributed by atoms with Crippen LogP contribution in [0.1, 0.15) is 31.9 Å². The van der Waals surface area contributed by atoms with Gasteiger partial charge in [-0.1, -0.05) is 32.9 Å². The van der Waals surface area contributed by atoms with E-state index >= 15 is 0 Å². The lowest BCUT2D eigenvalue weighted by Gasteiger charge is -2.19. The lowest BCUT2D eigenvalue weighted by atomic mass is 9.86. The van der Waals surface area contributed by atoms with Crippen LogP contribution in [0.15, 0.2) is 23.1 Å². The number of thioether (sulfide) groups is 1. The maximum Gasteiger partial charge on any atom is 0.0107 e. The third kappa shape index (κ3) is 1.76. The van der Waals surface area contributed by atoms with Gasteiger partial charge >= 0.3 is 0 Å². The molecule has 1 heteroatoms. The summed E-state index contributed by atoms with van der Waals surface area (Å²) in [5.74, 6) is 1.27. The third-order valence-corrected chi connectivity index (χ3v) is 3.66. The van der Waals surface area contributed by atoms with E-state index in [0.717, 1.165) is 0 Å². The minimum Gasteiger partial charge on any atom is -0.126 e. The van der Waals surface area contributed by atoms with Crippen molar-refractivity contribution in [2.75, 3.05) is 5.75 Å². The van der Waals surface area contributed by atoms with Gasteiger partial charge in [-0.2, -0.15) is 0 Å². The first kappa shape index (κ1) is 9.14. The molecule has 0 nitrogen and oxygen atoms in total. The van der Waals surface area contributed by atoms with Gasteiger partial charge in [0.15, 0.2) is 0 Å². The normalized spacial score (nSPS) is 15.9. The number of aryl methyl sites for hydroxylation is 1. The molecule has 0 radical (unpaired) electrons. The van der Waals surface area contributed by atoms with Gasteiger partial charge in [-0.15, -0.1) is 11.8 Å². The van der Waals surface area contributed by atoms with Gasteiger partial charge in [0.05, 0.1) is 0 Å². The second-order valence-electron chi connectivity index (χ2n) is 4.67. The van der Waals surface area contributed by atoms with Crippen LogP contribution in [0.2, 0.25) is 0 Å². The van der Waals surface area contributed by atoms with Crippen LogP contribution in [0.25, 0.3) is 0 Å². The molecule has 0 aromatic heterocycles. The van der Waals surface area contributed by atoms with E-state index < -0.39 is 0 Å². The molecule has 0 aliphatic carbocycles. The van der Waals surface area contributed by atoms with E-state index in [0.29, 0.717) is 0 Å². The highest BCUT2D eigenvalue weighted by atomic mass is 32.2. The first-order valence-corrected chi connectivity index (χ1v) is 5.82. The molecule has 0 saturated carbocycles. The maximum absolute atomic E-state index is 2.37. The van der Waals surface area contributed by atoms with Crippen molar-refractivity contribution in [1.82, 2.24) is 0 Å². The third-order valence-electron chi connectivity index (χ3n) is 2.56. The van der Waals surface area contributed by atoms with Crippen molar-refractivity contribution in [3.63, 3.8) is 0 Å². The molecule has 1 aromatic rings. The zero-order valence-corrected chi connectivity index (χ0v) is 9.37.